The summed E-state index contributed by atoms with van der Waals surface area (Å²) in [5, 5.41) is 19.2. The fraction of sp³-hybridized carbons (Fsp3) is 0.357. The van der Waals surface area contributed by atoms with Crippen LogP contribution in [0.15, 0.2) is 34.9 Å². The van der Waals surface area contributed by atoms with Gasteiger partial charge in [0.05, 0.1) is 18.7 Å². The van der Waals surface area contributed by atoms with Crippen LogP contribution in [0.25, 0.3) is 10.9 Å². The summed E-state index contributed by atoms with van der Waals surface area (Å²) in [5.74, 6) is 0. The number of aromatic nitrogens is 1. The standard InChI is InChI=1S/C14H17BrN2O2/c15-13-8-11-2-1-3-16-14(11)12(9-13)10-17(4-6-18)5-7-19/h1-3,8-9,18-19H,4-7,10H2. The molecule has 0 spiro atoms. The number of rotatable bonds is 6. The molecule has 4 nitrogen and oxygen atoms in total. The van der Waals surface area contributed by atoms with Gasteiger partial charge >= 0.3 is 0 Å². The van der Waals surface area contributed by atoms with E-state index in [2.05, 4.69) is 20.9 Å². The topological polar surface area (TPSA) is 56.6 Å². The number of aliphatic hydroxyl groups is 2. The normalized spacial score (nSPS) is 11.4. The summed E-state index contributed by atoms with van der Waals surface area (Å²) in [5.41, 5.74) is 2.05. The highest BCUT2D eigenvalue weighted by Gasteiger charge is 2.09. The first-order chi connectivity index (χ1) is 9.24. The van der Waals surface area contributed by atoms with Crippen LogP contribution in [0.4, 0.5) is 0 Å². The van der Waals surface area contributed by atoms with E-state index in [1.54, 1.807) is 6.20 Å². The minimum atomic E-state index is 0.0827. The number of halogens is 1. The van der Waals surface area contributed by atoms with Crippen molar-refractivity contribution in [2.24, 2.45) is 0 Å². The predicted octanol–water partition coefficient (Wildman–Crippen LogP) is 1.78. The monoisotopic (exact) mass is 324 g/mol. The summed E-state index contributed by atoms with van der Waals surface area (Å²) in [6, 6.07) is 8.02. The van der Waals surface area contributed by atoms with Gasteiger partial charge < -0.3 is 10.2 Å². The summed E-state index contributed by atoms with van der Waals surface area (Å²) in [6.07, 6.45) is 1.78. The molecule has 0 radical (unpaired) electrons. The number of pyridine rings is 1. The molecule has 0 atom stereocenters. The Morgan fingerprint density at radius 2 is 1.89 bits per heavy atom. The molecule has 0 aliphatic heterocycles. The Bertz CT molecular complexity index is 542. The van der Waals surface area contributed by atoms with E-state index in [-0.39, 0.29) is 13.2 Å². The van der Waals surface area contributed by atoms with Crippen LogP contribution in [-0.4, -0.2) is 46.4 Å². The Morgan fingerprint density at radius 3 is 2.58 bits per heavy atom. The Kier molecular flexibility index (Phi) is 5.27. The van der Waals surface area contributed by atoms with Gasteiger partial charge in [-0.3, -0.25) is 9.88 Å². The summed E-state index contributed by atoms with van der Waals surface area (Å²) in [6.45, 7) is 1.91. The SMILES string of the molecule is OCCN(CCO)Cc1cc(Br)cc2cccnc12. The second-order valence-corrected chi connectivity index (χ2v) is 5.28. The van der Waals surface area contributed by atoms with E-state index in [0.717, 1.165) is 20.9 Å². The van der Waals surface area contributed by atoms with E-state index >= 15 is 0 Å². The van der Waals surface area contributed by atoms with Gasteiger partial charge in [-0.15, -0.1) is 0 Å². The van der Waals surface area contributed by atoms with Gasteiger partial charge in [-0.05, 0) is 23.8 Å². The van der Waals surface area contributed by atoms with Crippen molar-refractivity contribution >= 4 is 26.8 Å². The molecule has 0 saturated heterocycles. The maximum absolute atomic E-state index is 9.06. The Labute approximate surface area is 120 Å². The molecule has 2 aromatic rings. The lowest BCUT2D eigenvalue weighted by molar-refractivity contribution is 0.156. The average Bonchev–Trinajstić information content (AvgIpc) is 2.39. The lowest BCUT2D eigenvalue weighted by Gasteiger charge is -2.21. The maximum Gasteiger partial charge on any atom is 0.0747 e. The first-order valence-corrected chi connectivity index (χ1v) is 7.01. The molecule has 5 heteroatoms. The molecule has 0 aliphatic carbocycles. The number of fused-ring (bicyclic) bond motifs is 1. The number of aliphatic hydroxyl groups excluding tert-OH is 2. The first-order valence-electron chi connectivity index (χ1n) is 6.22. The van der Waals surface area contributed by atoms with Crippen molar-refractivity contribution in [1.82, 2.24) is 9.88 Å². The number of hydrogen-bond donors (Lipinski definition) is 2. The Hall–Kier alpha value is -1.01. The first kappa shape index (κ1) is 14.4. The van der Waals surface area contributed by atoms with Crippen LogP contribution < -0.4 is 0 Å². The second-order valence-electron chi connectivity index (χ2n) is 4.36. The summed E-state index contributed by atoms with van der Waals surface area (Å²) in [4.78, 5) is 6.43. The molecule has 0 aliphatic rings. The van der Waals surface area contributed by atoms with Gasteiger partial charge in [-0.25, -0.2) is 0 Å². The minimum absolute atomic E-state index is 0.0827. The molecule has 1 aromatic heterocycles. The third-order valence-corrected chi connectivity index (χ3v) is 3.43. The van der Waals surface area contributed by atoms with Crippen LogP contribution in [0.3, 0.4) is 0 Å². The van der Waals surface area contributed by atoms with Crippen LogP contribution in [0.5, 0.6) is 0 Å². The third-order valence-electron chi connectivity index (χ3n) is 2.98. The predicted molar refractivity (Wildman–Crippen MR) is 78.9 cm³/mol. The van der Waals surface area contributed by atoms with Gasteiger partial charge in [0.2, 0.25) is 0 Å². The fourth-order valence-corrected chi connectivity index (χ4v) is 2.66. The summed E-state index contributed by atoms with van der Waals surface area (Å²) >= 11 is 3.51. The number of nitrogens with zero attached hydrogens (tertiary/aromatic N) is 2. The zero-order valence-electron chi connectivity index (χ0n) is 10.6. The van der Waals surface area contributed by atoms with Gasteiger partial charge in [0.25, 0.3) is 0 Å². The van der Waals surface area contributed by atoms with Gasteiger partial charge in [-0.2, -0.15) is 0 Å². The van der Waals surface area contributed by atoms with Crippen LogP contribution in [-0.2, 0) is 6.54 Å². The molecule has 0 fully saturated rings. The van der Waals surface area contributed by atoms with E-state index in [4.69, 9.17) is 10.2 Å². The van der Waals surface area contributed by atoms with Crippen LogP contribution >= 0.6 is 15.9 Å². The summed E-state index contributed by atoms with van der Waals surface area (Å²) in [7, 11) is 0. The van der Waals surface area contributed by atoms with E-state index in [1.165, 1.54) is 0 Å². The molecule has 2 rings (SSSR count). The molecule has 0 unspecified atom stereocenters. The van der Waals surface area contributed by atoms with Gasteiger partial charge in [0.1, 0.15) is 0 Å². The zero-order chi connectivity index (χ0) is 13.7. The molecule has 0 saturated carbocycles. The van der Waals surface area contributed by atoms with Crippen molar-refractivity contribution in [2.45, 2.75) is 6.54 Å². The Morgan fingerprint density at radius 1 is 1.16 bits per heavy atom. The van der Waals surface area contributed by atoms with E-state index in [0.29, 0.717) is 19.6 Å². The van der Waals surface area contributed by atoms with Crippen molar-refractivity contribution in [3.8, 4) is 0 Å². The van der Waals surface area contributed by atoms with Crippen LogP contribution in [0.2, 0.25) is 0 Å². The molecule has 0 bridgehead atoms. The highest BCUT2D eigenvalue weighted by Crippen LogP contribution is 2.23. The van der Waals surface area contributed by atoms with E-state index in [9.17, 15) is 0 Å². The third kappa shape index (κ3) is 3.73. The van der Waals surface area contributed by atoms with Crippen molar-refractivity contribution in [3.63, 3.8) is 0 Å². The molecular formula is C14H17BrN2O2. The molecule has 102 valence electrons. The van der Waals surface area contributed by atoms with E-state index < -0.39 is 0 Å². The van der Waals surface area contributed by atoms with Crippen molar-refractivity contribution in [1.29, 1.82) is 0 Å². The molecule has 19 heavy (non-hydrogen) atoms. The van der Waals surface area contributed by atoms with Crippen molar-refractivity contribution in [2.75, 3.05) is 26.3 Å². The molecular weight excluding hydrogens is 308 g/mol. The molecule has 2 N–H and O–H groups in total. The highest BCUT2D eigenvalue weighted by molar-refractivity contribution is 9.10. The number of hydrogen-bond acceptors (Lipinski definition) is 4. The lowest BCUT2D eigenvalue weighted by atomic mass is 10.1. The van der Waals surface area contributed by atoms with Gasteiger partial charge in [0, 0.05) is 35.7 Å². The van der Waals surface area contributed by atoms with Crippen molar-refractivity contribution < 1.29 is 10.2 Å². The quantitative estimate of drug-likeness (QED) is 0.850. The van der Waals surface area contributed by atoms with E-state index in [1.807, 2.05) is 29.2 Å². The minimum Gasteiger partial charge on any atom is -0.395 e. The molecule has 1 heterocycles. The maximum atomic E-state index is 9.06. The number of benzene rings is 1. The van der Waals surface area contributed by atoms with Crippen molar-refractivity contribution in [3.05, 3.63) is 40.5 Å². The van der Waals surface area contributed by atoms with Crippen LogP contribution in [0.1, 0.15) is 5.56 Å². The molecule has 1 aromatic carbocycles. The molecule has 0 amide bonds. The smallest absolute Gasteiger partial charge is 0.0747 e. The second kappa shape index (κ2) is 6.96. The highest BCUT2D eigenvalue weighted by atomic mass is 79.9. The Balaban J connectivity index is 2.32. The lowest BCUT2D eigenvalue weighted by Crippen LogP contribution is -2.29. The van der Waals surface area contributed by atoms with Crippen LogP contribution in [0, 0.1) is 0 Å². The average molecular weight is 325 g/mol. The zero-order valence-corrected chi connectivity index (χ0v) is 12.2. The van der Waals surface area contributed by atoms with Gasteiger partial charge in [-0.1, -0.05) is 22.0 Å². The largest absolute Gasteiger partial charge is 0.395 e. The summed E-state index contributed by atoms with van der Waals surface area (Å²) < 4.78 is 1.01. The fourth-order valence-electron chi connectivity index (χ4n) is 2.14. The van der Waals surface area contributed by atoms with Gasteiger partial charge in [0.15, 0.2) is 0 Å².